The molecule has 0 heterocycles. The van der Waals surface area contributed by atoms with Gasteiger partial charge in [0.05, 0.1) is 0 Å². The van der Waals surface area contributed by atoms with Crippen LogP contribution in [0, 0.1) is 11.8 Å². The van der Waals surface area contributed by atoms with E-state index in [1.54, 1.807) is 11.1 Å². The molecular formula is C16H30. The lowest BCUT2D eigenvalue weighted by Crippen LogP contribution is -1.98. The third-order valence-electron chi connectivity index (χ3n) is 3.94. The summed E-state index contributed by atoms with van der Waals surface area (Å²) in [5.74, 6) is 1.77. The minimum absolute atomic E-state index is 0.876. The molecule has 1 rings (SSSR count). The van der Waals surface area contributed by atoms with E-state index in [-0.39, 0.29) is 0 Å². The van der Waals surface area contributed by atoms with Crippen LogP contribution in [0.1, 0.15) is 79.1 Å². The van der Waals surface area contributed by atoms with Crippen LogP contribution in [0.2, 0.25) is 0 Å². The Morgan fingerprint density at radius 2 is 1.69 bits per heavy atom. The van der Waals surface area contributed by atoms with Gasteiger partial charge >= 0.3 is 0 Å². The van der Waals surface area contributed by atoms with Gasteiger partial charge in [0.1, 0.15) is 0 Å². The van der Waals surface area contributed by atoms with Crippen molar-refractivity contribution in [3.63, 3.8) is 0 Å². The van der Waals surface area contributed by atoms with Crippen molar-refractivity contribution in [2.45, 2.75) is 79.1 Å². The maximum Gasteiger partial charge on any atom is -0.0295 e. The molecule has 0 aromatic carbocycles. The van der Waals surface area contributed by atoms with Gasteiger partial charge in [0.15, 0.2) is 0 Å². The molecule has 0 aromatic rings. The molecule has 94 valence electrons. The van der Waals surface area contributed by atoms with Crippen molar-refractivity contribution < 1.29 is 0 Å². The lowest BCUT2D eigenvalue weighted by molar-refractivity contribution is 0.454. The van der Waals surface area contributed by atoms with E-state index >= 15 is 0 Å². The van der Waals surface area contributed by atoms with E-state index in [4.69, 9.17) is 0 Å². The maximum absolute atomic E-state index is 2.43. The fourth-order valence-corrected chi connectivity index (χ4v) is 2.87. The number of hydrogen-bond donors (Lipinski definition) is 0. The first kappa shape index (κ1) is 13.8. The summed E-state index contributed by atoms with van der Waals surface area (Å²) in [4.78, 5) is 0. The third kappa shape index (κ3) is 5.18. The highest BCUT2D eigenvalue weighted by atomic mass is 14.2. The first-order valence-corrected chi connectivity index (χ1v) is 7.27. The van der Waals surface area contributed by atoms with Gasteiger partial charge in [-0.05, 0) is 50.9 Å². The van der Waals surface area contributed by atoms with Gasteiger partial charge in [0.2, 0.25) is 0 Å². The van der Waals surface area contributed by atoms with E-state index < -0.39 is 0 Å². The standard InChI is InChI=1S/C16H30/c1-13(2)8-7-9-14(3)12-15(4)16-10-5-6-11-16/h13-14H,5-12H2,1-4H3/t14-/m0/s1. The average Bonchev–Trinajstić information content (AvgIpc) is 2.69. The summed E-state index contributed by atoms with van der Waals surface area (Å²) in [6.45, 7) is 9.46. The van der Waals surface area contributed by atoms with Crippen LogP contribution < -0.4 is 0 Å². The first-order chi connectivity index (χ1) is 7.59. The van der Waals surface area contributed by atoms with Gasteiger partial charge in [-0.25, -0.2) is 0 Å². The predicted molar refractivity (Wildman–Crippen MR) is 73.6 cm³/mol. The van der Waals surface area contributed by atoms with E-state index in [2.05, 4.69) is 27.7 Å². The number of hydrogen-bond acceptors (Lipinski definition) is 0. The SMILES string of the molecule is CC(C[C@@H](C)CCCC(C)C)=C1CCCC1. The van der Waals surface area contributed by atoms with E-state index in [1.165, 1.54) is 51.4 Å². The summed E-state index contributed by atoms with van der Waals surface area (Å²) >= 11 is 0. The average molecular weight is 222 g/mol. The molecule has 1 atom stereocenters. The monoisotopic (exact) mass is 222 g/mol. The second-order valence-electron chi connectivity index (χ2n) is 6.23. The van der Waals surface area contributed by atoms with Crippen molar-refractivity contribution in [2.24, 2.45) is 11.8 Å². The Hall–Kier alpha value is -0.260. The Balaban J connectivity index is 2.22. The minimum atomic E-state index is 0.876. The summed E-state index contributed by atoms with van der Waals surface area (Å²) in [6, 6.07) is 0. The third-order valence-corrected chi connectivity index (χ3v) is 3.94. The molecule has 0 radical (unpaired) electrons. The first-order valence-electron chi connectivity index (χ1n) is 7.27. The summed E-state index contributed by atoms with van der Waals surface area (Å²) in [5, 5.41) is 0. The van der Waals surface area contributed by atoms with Crippen LogP contribution in [-0.2, 0) is 0 Å². The second kappa shape index (κ2) is 7.14. The molecule has 0 unspecified atom stereocenters. The Morgan fingerprint density at radius 1 is 1.06 bits per heavy atom. The Morgan fingerprint density at radius 3 is 2.25 bits per heavy atom. The van der Waals surface area contributed by atoms with Crippen LogP contribution in [-0.4, -0.2) is 0 Å². The molecule has 1 fully saturated rings. The van der Waals surface area contributed by atoms with Gasteiger partial charge < -0.3 is 0 Å². The Kier molecular flexibility index (Phi) is 6.16. The predicted octanol–water partition coefficient (Wildman–Crippen LogP) is 5.73. The number of allylic oxidation sites excluding steroid dienone is 2. The quantitative estimate of drug-likeness (QED) is 0.503. The molecular weight excluding hydrogens is 192 g/mol. The van der Waals surface area contributed by atoms with Gasteiger partial charge in [-0.15, -0.1) is 0 Å². The van der Waals surface area contributed by atoms with Crippen LogP contribution >= 0.6 is 0 Å². The van der Waals surface area contributed by atoms with Crippen molar-refractivity contribution in [3.05, 3.63) is 11.1 Å². The van der Waals surface area contributed by atoms with Gasteiger partial charge in [-0.3, -0.25) is 0 Å². The van der Waals surface area contributed by atoms with Crippen molar-refractivity contribution in [1.29, 1.82) is 0 Å². The highest BCUT2D eigenvalue weighted by Gasteiger charge is 2.12. The van der Waals surface area contributed by atoms with Crippen LogP contribution in [0.15, 0.2) is 11.1 Å². The maximum atomic E-state index is 2.43. The molecule has 1 aliphatic carbocycles. The van der Waals surface area contributed by atoms with Gasteiger partial charge in [-0.1, -0.05) is 51.2 Å². The smallest absolute Gasteiger partial charge is 0.0295 e. The Bertz CT molecular complexity index is 214. The van der Waals surface area contributed by atoms with Crippen LogP contribution in [0.4, 0.5) is 0 Å². The molecule has 16 heavy (non-hydrogen) atoms. The number of rotatable bonds is 6. The van der Waals surface area contributed by atoms with Crippen LogP contribution in [0.25, 0.3) is 0 Å². The van der Waals surface area contributed by atoms with E-state index in [9.17, 15) is 0 Å². The van der Waals surface area contributed by atoms with E-state index in [1.807, 2.05) is 0 Å². The normalized spacial score (nSPS) is 18.2. The molecule has 0 spiro atoms. The molecule has 0 aliphatic heterocycles. The molecule has 1 saturated carbocycles. The molecule has 0 heteroatoms. The lowest BCUT2D eigenvalue weighted by atomic mass is 9.92. The van der Waals surface area contributed by atoms with Crippen molar-refractivity contribution >= 4 is 0 Å². The zero-order valence-corrected chi connectivity index (χ0v) is 11.8. The van der Waals surface area contributed by atoms with Gasteiger partial charge in [0, 0.05) is 0 Å². The van der Waals surface area contributed by atoms with Crippen LogP contribution in [0.3, 0.4) is 0 Å². The topological polar surface area (TPSA) is 0 Å². The fourth-order valence-electron chi connectivity index (χ4n) is 2.87. The van der Waals surface area contributed by atoms with Crippen molar-refractivity contribution in [1.82, 2.24) is 0 Å². The van der Waals surface area contributed by atoms with Crippen LogP contribution in [0.5, 0.6) is 0 Å². The summed E-state index contributed by atoms with van der Waals surface area (Å²) in [7, 11) is 0. The molecule has 0 bridgehead atoms. The molecule has 0 aromatic heterocycles. The van der Waals surface area contributed by atoms with E-state index in [0.717, 1.165) is 11.8 Å². The Labute approximate surface area is 103 Å². The van der Waals surface area contributed by atoms with Gasteiger partial charge in [0.25, 0.3) is 0 Å². The highest BCUT2D eigenvalue weighted by Crippen LogP contribution is 2.30. The summed E-state index contributed by atoms with van der Waals surface area (Å²) in [6.07, 6.45) is 11.3. The molecule has 0 saturated heterocycles. The van der Waals surface area contributed by atoms with Crippen molar-refractivity contribution in [2.75, 3.05) is 0 Å². The molecule has 1 aliphatic rings. The van der Waals surface area contributed by atoms with Gasteiger partial charge in [-0.2, -0.15) is 0 Å². The summed E-state index contributed by atoms with van der Waals surface area (Å²) < 4.78 is 0. The van der Waals surface area contributed by atoms with Crippen molar-refractivity contribution in [3.8, 4) is 0 Å². The highest BCUT2D eigenvalue weighted by molar-refractivity contribution is 5.15. The second-order valence-corrected chi connectivity index (χ2v) is 6.23. The summed E-state index contributed by atoms with van der Waals surface area (Å²) in [5.41, 5.74) is 3.50. The minimum Gasteiger partial charge on any atom is -0.0739 e. The molecule has 0 amide bonds. The molecule has 0 N–H and O–H groups in total. The zero-order chi connectivity index (χ0) is 12.0. The fraction of sp³-hybridized carbons (Fsp3) is 0.875. The van der Waals surface area contributed by atoms with E-state index in [0.29, 0.717) is 0 Å². The lowest BCUT2D eigenvalue weighted by Gasteiger charge is -2.14. The zero-order valence-electron chi connectivity index (χ0n) is 11.8. The largest absolute Gasteiger partial charge is 0.0739 e. The molecule has 0 nitrogen and oxygen atoms in total.